The highest BCUT2D eigenvalue weighted by molar-refractivity contribution is 7.08. The maximum atomic E-state index is 5.63. The third-order valence-electron chi connectivity index (χ3n) is 2.58. The summed E-state index contributed by atoms with van der Waals surface area (Å²) in [7, 11) is 0. The molecule has 2 rings (SSSR count). The Morgan fingerprint density at radius 2 is 2.21 bits per heavy atom. The second-order valence-electron chi connectivity index (χ2n) is 4.12. The number of hydrogen-bond donors (Lipinski definition) is 1. The molecular formula is C15H19NO2S. The topological polar surface area (TPSA) is 34.4 Å². The Hall–Kier alpha value is -1.36. The third-order valence-corrected chi connectivity index (χ3v) is 3.28. The maximum Gasteiger partial charge on any atom is 0.129 e. The van der Waals surface area contributed by atoms with Crippen LogP contribution in [0.4, 0.5) is 0 Å². The Labute approximate surface area is 117 Å². The molecule has 0 amide bonds. The molecule has 0 atom stereocenters. The number of nitrogens with one attached hydrogen (secondary N) is 1. The van der Waals surface area contributed by atoms with Crippen LogP contribution in [0.3, 0.4) is 0 Å². The first kappa shape index (κ1) is 14.1. The molecule has 0 aliphatic heterocycles. The summed E-state index contributed by atoms with van der Waals surface area (Å²) in [6.07, 6.45) is 4.08. The van der Waals surface area contributed by atoms with Crippen LogP contribution in [0, 0.1) is 0 Å². The van der Waals surface area contributed by atoms with Gasteiger partial charge in [-0.25, -0.2) is 0 Å². The molecule has 4 heteroatoms. The first-order valence-electron chi connectivity index (χ1n) is 6.43. The molecule has 2 aromatic rings. The van der Waals surface area contributed by atoms with E-state index in [0.29, 0.717) is 13.2 Å². The van der Waals surface area contributed by atoms with E-state index in [1.165, 1.54) is 5.56 Å². The molecule has 2 aromatic heterocycles. The van der Waals surface area contributed by atoms with Gasteiger partial charge in [-0.2, -0.15) is 11.3 Å². The molecule has 0 fully saturated rings. The molecular weight excluding hydrogens is 258 g/mol. The maximum absolute atomic E-state index is 5.63. The number of ether oxygens (including phenoxy) is 1. The first-order chi connectivity index (χ1) is 9.38. The van der Waals surface area contributed by atoms with Gasteiger partial charge in [-0.05, 0) is 41.1 Å². The van der Waals surface area contributed by atoms with E-state index >= 15 is 0 Å². The van der Waals surface area contributed by atoms with Crippen LogP contribution >= 0.6 is 11.3 Å². The molecule has 3 nitrogen and oxygen atoms in total. The highest BCUT2D eigenvalue weighted by atomic mass is 32.1. The molecule has 0 spiro atoms. The fourth-order valence-electron chi connectivity index (χ4n) is 1.62. The standard InChI is InChI=1S/C15H19NO2S/c1-2-16-10-14-5-6-15(18-14)11-17-8-3-4-13-7-9-19-12-13/h3-7,9,12,16H,2,8,10-11H2,1H3/b4-3+. The fourth-order valence-corrected chi connectivity index (χ4v) is 2.25. The Morgan fingerprint density at radius 3 is 3.00 bits per heavy atom. The summed E-state index contributed by atoms with van der Waals surface area (Å²) in [5, 5.41) is 7.40. The molecule has 0 unspecified atom stereocenters. The lowest BCUT2D eigenvalue weighted by Crippen LogP contribution is -2.10. The van der Waals surface area contributed by atoms with Crippen LogP contribution in [0.25, 0.3) is 6.08 Å². The van der Waals surface area contributed by atoms with E-state index in [0.717, 1.165) is 24.6 Å². The average molecular weight is 277 g/mol. The second-order valence-corrected chi connectivity index (χ2v) is 4.90. The van der Waals surface area contributed by atoms with Gasteiger partial charge in [0, 0.05) is 0 Å². The summed E-state index contributed by atoms with van der Waals surface area (Å²) in [5.41, 5.74) is 1.22. The van der Waals surface area contributed by atoms with E-state index in [9.17, 15) is 0 Å². The lowest BCUT2D eigenvalue weighted by molar-refractivity contribution is 0.130. The molecule has 0 radical (unpaired) electrons. The summed E-state index contributed by atoms with van der Waals surface area (Å²) in [5.74, 6) is 1.83. The number of thiophene rings is 1. The van der Waals surface area contributed by atoms with Gasteiger partial charge in [-0.15, -0.1) is 0 Å². The van der Waals surface area contributed by atoms with Crippen molar-refractivity contribution in [2.75, 3.05) is 13.2 Å². The fraction of sp³-hybridized carbons (Fsp3) is 0.333. The predicted octanol–water partition coefficient (Wildman–Crippen LogP) is 3.68. The van der Waals surface area contributed by atoms with Crippen LogP contribution in [0.5, 0.6) is 0 Å². The zero-order chi connectivity index (χ0) is 13.3. The van der Waals surface area contributed by atoms with Gasteiger partial charge in [0.15, 0.2) is 0 Å². The molecule has 2 heterocycles. The first-order valence-corrected chi connectivity index (χ1v) is 7.37. The molecule has 0 saturated heterocycles. The van der Waals surface area contributed by atoms with Crippen molar-refractivity contribution in [3.8, 4) is 0 Å². The molecule has 0 saturated carbocycles. The largest absolute Gasteiger partial charge is 0.462 e. The minimum atomic E-state index is 0.514. The smallest absolute Gasteiger partial charge is 0.129 e. The number of furan rings is 1. The SMILES string of the molecule is CCNCc1ccc(COC/C=C/c2ccsc2)o1. The molecule has 0 aliphatic carbocycles. The van der Waals surface area contributed by atoms with Gasteiger partial charge in [0.05, 0.1) is 13.2 Å². The summed E-state index contributed by atoms with van der Waals surface area (Å²) in [6, 6.07) is 6.04. The van der Waals surface area contributed by atoms with Crippen molar-refractivity contribution in [2.45, 2.75) is 20.1 Å². The van der Waals surface area contributed by atoms with Gasteiger partial charge in [0.1, 0.15) is 18.1 Å². The normalized spacial score (nSPS) is 11.4. The Kier molecular flexibility index (Phi) is 5.88. The lowest BCUT2D eigenvalue weighted by Gasteiger charge is -1.99. The van der Waals surface area contributed by atoms with Crippen LogP contribution in [0.2, 0.25) is 0 Å². The Balaban J connectivity index is 1.66. The van der Waals surface area contributed by atoms with E-state index in [4.69, 9.17) is 9.15 Å². The number of rotatable bonds is 8. The zero-order valence-corrected chi connectivity index (χ0v) is 11.9. The zero-order valence-electron chi connectivity index (χ0n) is 11.1. The van der Waals surface area contributed by atoms with Gasteiger partial charge in [-0.1, -0.05) is 19.1 Å². The third kappa shape index (κ3) is 5.03. The van der Waals surface area contributed by atoms with Crippen molar-refractivity contribution in [1.29, 1.82) is 0 Å². The highest BCUT2D eigenvalue weighted by Gasteiger charge is 2.00. The summed E-state index contributed by atoms with van der Waals surface area (Å²) in [6.45, 7) is 4.90. The van der Waals surface area contributed by atoms with Crippen molar-refractivity contribution >= 4 is 17.4 Å². The van der Waals surface area contributed by atoms with Gasteiger partial charge < -0.3 is 14.5 Å². The molecule has 19 heavy (non-hydrogen) atoms. The molecule has 1 N–H and O–H groups in total. The minimum absolute atomic E-state index is 0.514. The monoisotopic (exact) mass is 277 g/mol. The van der Waals surface area contributed by atoms with Crippen LogP contribution in [0.1, 0.15) is 24.0 Å². The van der Waals surface area contributed by atoms with E-state index < -0.39 is 0 Å². The summed E-state index contributed by atoms with van der Waals surface area (Å²) >= 11 is 1.70. The van der Waals surface area contributed by atoms with Crippen molar-refractivity contribution in [3.05, 3.63) is 52.1 Å². The van der Waals surface area contributed by atoms with E-state index in [-0.39, 0.29) is 0 Å². The number of hydrogen-bond acceptors (Lipinski definition) is 4. The molecule has 0 aliphatic rings. The summed E-state index contributed by atoms with van der Waals surface area (Å²) < 4.78 is 11.2. The van der Waals surface area contributed by atoms with Crippen molar-refractivity contribution in [3.63, 3.8) is 0 Å². The van der Waals surface area contributed by atoms with Gasteiger partial charge in [0.25, 0.3) is 0 Å². The van der Waals surface area contributed by atoms with E-state index in [1.807, 2.05) is 18.2 Å². The van der Waals surface area contributed by atoms with Crippen LogP contribution in [-0.2, 0) is 17.9 Å². The molecule has 0 bridgehead atoms. The van der Waals surface area contributed by atoms with Crippen molar-refractivity contribution in [1.82, 2.24) is 5.32 Å². The highest BCUT2D eigenvalue weighted by Crippen LogP contribution is 2.10. The lowest BCUT2D eigenvalue weighted by atomic mass is 10.3. The molecule has 0 aromatic carbocycles. The van der Waals surface area contributed by atoms with Crippen molar-refractivity contribution in [2.24, 2.45) is 0 Å². The minimum Gasteiger partial charge on any atom is -0.462 e. The predicted molar refractivity (Wildman–Crippen MR) is 79.1 cm³/mol. The van der Waals surface area contributed by atoms with Gasteiger partial charge in [0.2, 0.25) is 0 Å². The Morgan fingerprint density at radius 1 is 1.32 bits per heavy atom. The van der Waals surface area contributed by atoms with Gasteiger partial charge in [-0.3, -0.25) is 0 Å². The summed E-state index contributed by atoms with van der Waals surface area (Å²) in [4.78, 5) is 0. The van der Waals surface area contributed by atoms with E-state index in [1.54, 1.807) is 11.3 Å². The second kappa shape index (κ2) is 7.94. The average Bonchev–Trinajstić information content (AvgIpc) is 3.07. The van der Waals surface area contributed by atoms with Crippen LogP contribution < -0.4 is 5.32 Å². The Bertz CT molecular complexity index is 488. The van der Waals surface area contributed by atoms with Crippen molar-refractivity contribution < 1.29 is 9.15 Å². The molecule has 102 valence electrons. The van der Waals surface area contributed by atoms with Gasteiger partial charge >= 0.3 is 0 Å². The van der Waals surface area contributed by atoms with Crippen LogP contribution in [-0.4, -0.2) is 13.2 Å². The van der Waals surface area contributed by atoms with Crippen LogP contribution in [0.15, 0.2) is 39.5 Å². The quantitative estimate of drug-likeness (QED) is 0.747. The van der Waals surface area contributed by atoms with E-state index in [2.05, 4.69) is 35.1 Å².